The van der Waals surface area contributed by atoms with E-state index in [0.29, 0.717) is 16.4 Å². The van der Waals surface area contributed by atoms with Gasteiger partial charge in [-0.2, -0.15) is 0 Å². The molecule has 0 radical (unpaired) electrons. The number of benzene rings is 1. The predicted molar refractivity (Wildman–Crippen MR) is 101 cm³/mol. The maximum Gasteiger partial charge on any atom is 0.348 e. The molecule has 3 rings (SSSR count). The monoisotopic (exact) mass is 356 g/mol. The van der Waals surface area contributed by atoms with Gasteiger partial charge < -0.3 is 4.74 Å². The third kappa shape index (κ3) is 3.84. The summed E-state index contributed by atoms with van der Waals surface area (Å²) in [5.41, 5.74) is 4.92. The molecule has 1 heterocycles. The van der Waals surface area contributed by atoms with Crippen LogP contribution >= 0.6 is 11.3 Å². The first-order valence-electron chi connectivity index (χ1n) is 8.75. The number of esters is 1. The van der Waals surface area contributed by atoms with Crippen LogP contribution in [0.1, 0.15) is 60.5 Å². The smallest absolute Gasteiger partial charge is 0.348 e. The van der Waals surface area contributed by atoms with E-state index in [1.807, 2.05) is 39.0 Å². The minimum atomic E-state index is -0.386. The van der Waals surface area contributed by atoms with Crippen LogP contribution in [0.4, 0.5) is 0 Å². The summed E-state index contributed by atoms with van der Waals surface area (Å²) in [5.74, 6) is 0.140. The normalized spacial score (nSPS) is 16.4. The SMILES string of the molecule is Cc1cc(C)c(C(=O)COC(=O)c2cc3c(s2)CC[C@@H](C)C3)c(C)c1. The Kier molecular flexibility index (Phi) is 5.09. The standard InChI is InChI=1S/C21H24O3S/c1-12-5-6-18-16(9-12)10-19(25-18)21(23)24-11-17(22)20-14(3)7-13(2)8-15(20)4/h7-8,10,12H,5-6,9,11H2,1-4H3/t12-/m1/s1. The molecule has 0 fully saturated rings. The maximum atomic E-state index is 12.5. The third-order valence-corrected chi connectivity index (χ3v) is 6.04. The highest BCUT2D eigenvalue weighted by Crippen LogP contribution is 2.32. The lowest BCUT2D eigenvalue weighted by Gasteiger charge is -2.16. The first-order valence-corrected chi connectivity index (χ1v) is 9.56. The van der Waals surface area contributed by atoms with Gasteiger partial charge in [-0.05, 0) is 68.7 Å². The number of carbonyl (C=O) groups excluding carboxylic acids is 2. The van der Waals surface area contributed by atoms with Crippen LogP contribution < -0.4 is 0 Å². The van der Waals surface area contributed by atoms with E-state index in [9.17, 15) is 9.59 Å². The van der Waals surface area contributed by atoms with Gasteiger partial charge in [-0.3, -0.25) is 4.79 Å². The van der Waals surface area contributed by atoms with Crippen LogP contribution in [0.2, 0.25) is 0 Å². The summed E-state index contributed by atoms with van der Waals surface area (Å²) in [5, 5.41) is 0. The molecule has 0 amide bonds. The number of hydrogen-bond acceptors (Lipinski definition) is 4. The summed E-state index contributed by atoms with van der Waals surface area (Å²) >= 11 is 1.52. The molecule has 25 heavy (non-hydrogen) atoms. The van der Waals surface area contributed by atoms with Crippen molar-refractivity contribution in [2.45, 2.75) is 47.0 Å². The molecule has 0 spiro atoms. The van der Waals surface area contributed by atoms with Crippen molar-refractivity contribution in [2.75, 3.05) is 6.61 Å². The lowest BCUT2D eigenvalue weighted by Crippen LogP contribution is -2.16. The Balaban J connectivity index is 1.68. The summed E-state index contributed by atoms with van der Waals surface area (Å²) in [6.45, 7) is 7.88. The van der Waals surface area contributed by atoms with E-state index in [-0.39, 0.29) is 18.4 Å². The second-order valence-electron chi connectivity index (χ2n) is 7.18. The number of rotatable bonds is 4. The second kappa shape index (κ2) is 7.12. The Morgan fingerprint density at radius 1 is 1.16 bits per heavy atom. The largest absolute Gasteiger partial charge is 0.453 e. The molecule has 0 unspecified atom stereocenters. The molecular weight excluding hydrogens is 332 g/mol. The van der Waals surface area contributed by atoms with Crippen molar-refractivity contribution in [1.29, 1.82) is 0 Å². The summed E-state index contributed by atoms with van der Waals surface area (Å²) in [6.07, 6.45) is 3.24. The van der Waals surface area contributed by atoms with Crippen molar-refractivity contribution in [3.63, 3.8) is 0 Å². The highest BCUT2D eigenvalue weighted by atomic mass is 32.1. The number of fused-ring (bicyclic) bond motifs is 1. The van der Waals surface area contributed by atoms with Gasteiger partial charge in [-0.1, -0.05) is 24.6 Å². The lowest BCUT2D eigenvalue weighted by atomic mass is 9.90. The van der Waals surface area contributed by atoms with Crippen molar-refractivity contribution in [3.8, 4) is 0 Å². The fraction of sp³-hybridized carbons (Fsp3) is 0.429. The average Bonchev–Trinajstić information content (AvgIpc) is 2.94. The third-order valence-electron chi connectivity index (χ3n) is 4.82. The van der Waals surface area contributed by atoms with Crippen LogP contribution in [0.5, 0.6) is 0 Å². The first kappa shape index (κ1) is 17.9. The highest BCUT2D eigenvalue weighted by molar-refractivity contribution is 7.14. The lowest BCUT2D eigenvalue weighted by molar-refractivity contribution is 0.0479. The van der Waals surface area contributed by atoms with Crippen LogP contribution in [0.3, 0.4) is 0 Å². The molecule has 1 atom stereocenters. The Morgan fingerprint density at radius 2 is 1.84 bits per heavy atom. The van der Waals surface area contributed by atoms with E-state index < -0.39 is 0 Å². The fourth-order valence-corrected chi connectivity index (χ4v) is 4.80. The van der Waals surface area contributed by atoms with E-state index in [2.05, 4.69) is 6.92 Å². The second-order valence-corrected chi connectivity index (χ2v) is 8.32. The number of ketones is 1. The summed E-state index contributed by atoms with van der Waals surface area (Å²) in [6, 6.07) is 5.91. The molecular formula is C21H24O3S. The zero-order valence-corrected chi connectivity index (χ0v) is 16.1. The molecule has 0 aliphatic heterocycles. The number of ether oxygens (including phenoxy) is 1. The van der Waals surface area contributed by atoms with E-state index in [0.717, 1.165) is 29.5 Å². The molecule has 4 heteroatoms. The van der Waals surface area contributed by atoms with E-state index in [4.69, 9.17) is 4.74 Å². The van der Waals surface area contributed by atoms with Crippen LogP contribution in [0.25, 0.3) is 0 Å². The van der Waals surface area contributed by atoms with Crippen LogP contribution in [0.15, 0.2) is 18.2 Å². The van der Waals surface area contributed by atoms with E-state index in [1.54, 1.807) is 0 Å². The van der Waals surface area contributed by atoms with Gasteiger partial charge in [0.1, 0.15) is 4.88 Å². The van der Waals surface area contributed by atoms with Crippen molar-refractivity contribution < 1.29 is 14.3 Å². The number of Topliss-reactive ketones (excluding diaryl/α,β-unsaturated/α-hetero) is 1. The summed E-state index contributed by atoms with van der Waals surface area (Å²) in [7, 11) is 0. The number of carbonyl (C=O) groups is 2. The van der Waals surface area contributed by atoms with Crippen molar-refractivity contribution in [2.24, 2.45) is 5.92 Å². The zero-order chi connectivity index (χ0) is 18.1. The van der Waals surface area contributed by atoms with Gasteiger partial charge in [0.25, 0.3) is 0 Å². The van der Waals surface area contributed by atoms with Crippen molar-refractivity contribution in [3.05, 3.63) is 55.8 Å². The van der Waals surface area contributed by atoms with Crippen molar-refractivity contribution in [1.82, 2.24) is 0 Å². The number of thiophene rings is 1. The quantitative estimate of drug-likeness (QED) is 0.582. The number of aryl methyl sites for hydroxylation is 4. The zero-order valence-electron chi connectivity index (χ0n) is 15.3. The first-order chi connectivity index (χ1) is 11.8. The van der Waals surface area contributed by atoms with E-state index >= 15 is 0 Å². The molecule has 0 saturated heterocycles. The Morgan fingerprint density at radius 3 is 2.52 bits per heavy atom. The highest BCUT2D eigenvalue weighted by Gasteiger charge is 2.22. The molecule has 1 aromatic carbocycles. The van der Waals surface area contributed by atoms with Gasteiger partial charge >= 0.3 is 5.97 Å². The molecule has 0 bridgehead atoms. The summed E-state index contributed by atoms with van der Waals surface area (Å²) in [4.78, 5) is 26.7. The van der Waals surface area contributed by atoms with Gasteiger partial charge in [0.15, 0.2) is 6.61 Å². The fourth-order valence-electron chi connectivity index (χ4n) is 3.70. The summed E-state index contributed by atoms with van der Waals surface area (Å²) < 4.78 is 5.31. The van der Waals surface area contributed by atoms with Crippen molar-refractivity contribution >= 4 is 23.1 Å². The van der Waals surface area contributed by atoms with Gasteiger partial charge in [0.05, 0.1) is 0 Å². The Labute approximate surface area is 153 Å². The van der Waals surface area contributed by atoms with Gasteiger partial charge in [0, 0.05) is 10.4 Å². The molecule has 1 aliphatic carbocycles. The molecule has 0 N–H and O–H groups in total. The Bertz CT molecular complexity index is 809. The maximum absolute atomic E-state index is 12.5. The van der Waals surface area contributed by atoms with Crippen LogP contribution in [-0.4, -0.2) is 18.4 Å². The molecule has 1 aliphatic rings. The molecule has 132 valence electrons. The number of hydrogen-bond donors (Lipinski definition) is 0. The average molecular weight is 356 g/mol. The van der Waals surface area contributed by atoms with Gasteiger partial charge in [0.2, 0.25) is 5.78 Å². The molecule has 0 saturated carbocycles. The predicted octanol–water partition coefficient (Wildman–Crippen LogP) is 4.84. The molecule has 3 nitrogen and oxygen atoms in total. The van der Waals surface area contributed by atoms with E-state index in [1.165, 1.54) is 28.2 Å². The van der Waals surface area contributed by atoms with Crippen LogP contribution in [-0.2, 0) is 17.6 Å². The van der Waals surface area contributed by atoms with Gasteiger partial charge in [-0.25, -0.2) is 4.79 Å². The topological polar surface area (TPSA) is 43.4 Å². The molecule has 1 aromatic heterocycles. The minimum absolute atomic E-state index is 0.140. The van der Waals surface area contributed by atoms with Gasteiger partial charge in [-0.15, -0.1) is 11.3 Å². The minimum Gasteiger partial charge on any atom is -0.453 e. The Hall–Kier alpha value is -1.94. The van der Waals surface area contributed by atoms with Crippen LogP contribution in [0, 0.1) is 26.7 Å². The molecule has 2 aromatic rings.